The smallest absolute Gasteiger partial charge is 0.228 e. The van der Waals surface area contributed by atoms with Gasteiger partial charge in [0.2, 0.25) is 17.8 Å². The lowest BCUT2D eigenvalue weighted by Crippen LogP contribution is -2.33. The van der Waals surface area contributed by atoms with Crippen LogP contribution in [0.3, 0.4) is 0 Å². The minimum Gasteiger partial charge on any atom is -0.360 e. The molecule has 0 unspecified atom stereocenters. The molecule has 2 amide bonds. The number of carbonyl (C=O) groups excluding carboxylic acids is 2. The summed E-state index contributed by atoms with van der Waals surface area (Å²) in [5.74, 6) is 0.0908. The first-order chi connectivity index (χ1) is 17.8. The van der Waals surface area contributed by atoms with Crippen LogP contribution >= 0.6 is 11.6 Å². The van der Waals surface area contributed by atoms with Gasteiger partial charge >= 0.3 is 0 Å². The Kier molecular flexibility index (Phi) is 8.05. The van der Waals surface area contributed by atoms with Crippen molar-refractivity contribution in [3.63, 3.8) is 0 Å². The Labute approximate surface area is 220 Å². The molecule has 0 saturated heterocycles. The molecule has 0 atom stereocenters. The Morgan fingerprint density at radius 3 is 2.65 bits per heavy atom. The normalized spacial score (nSPS) is 11.1. The fraction of sp³-hybridized carbons (Fsp3) is 0.259. The number of nitrogens with zero attached hydrogens (tertiary/aromatic N) is 4. The summed E-state index contributed by atoms with van der Waals surface area (Å²) in [6.45, 7) is 4.45. The van der Waals surface area contributed by atoms with Crippen molar-refractivity contribution < 1.29 is 9.59 Å². The summed E-state index contributed by atoms with van der Waals surface area (Å²) in [5.41, 5.74) is 4.25. The Hall–Kier alpha value is -3.95. The molecule has 0 aliphatic rings. The van der Waals surface area contributed by atoms with Crippen molar-refractivity contribution in [3.8, 4) is 11.3 Å². The van der Waals surface area contributed by atoms with Gasteiger partial charge in [0.05, 0.1) is 28.3 Å². The lowest BCUT2D eigenvalue weighted by atomic mass is 10.1. The average molecular weight is 520 g/mol. The van der Waals surface area contributed by atoms with Crippen molar-refractivity contribution in [2.75, 3.05) is 42.7 Å². The molecule has 0 aliphatic carbocycles. The fourth-order valence-electron chi connectivity index (χ4n) is 4.09. The van der Waals surface area contributed by atoms with E-state index in [0.29, 0.717) is 53.2 Å². The first kappa shape index (κ1) is 26.1. The van der Waals surface area contributed by atoms with Gasteiger partial charge in [0.25, 0.3) is 0 Å². The molecule has 0 fully saturated rings. The quantitative estimate of drug-likeness (QED) is 0.277. The molecule has 37 heavy (non-hydrogen) atoms. The highest BCUT2D eigenvalue weighted by atomic mass is 35.5. The SMILES string of the molecule is CCN(C(=O)CCN(C)C)c1ccc(Nc2ncc(Cl)c(-c3c[nH]c4ccccc34)n2)cc1NC(C)=O. The van der Waals surface area contributed by atoms with Gasteiger partial charge in [-0.15, -0.1) is 0 Å². The second-order valence-electron chi connectivity index (χ2n) is 8.87. The van der Waals surface area contributed by atoms with Crippen LogP contribution in [0.5, 0.6) is 0 Å². The molecule has 2 heterocycles. The van der Waals surface area contributed by atoms with Gasteiger partial charge in [0.1, 0.15) is 0 Å². The predicted molar refractivity (Wildman–Crippen MR) is 150 cm³/mol. The summed E-state index contributed by atoms with van der Waals surface area (Å²) in [6.07, 6.45) is 3.80. The first-order valence-corrected chi connectivity index (χ1v) is 12.4. The summed E-state index contributed by atoms with van der Waals surface area (Å²) >= 11 is 6.47. The van der Waals surface area contributed by atoms with Crippen LogP contribution in [0.25, 0.3) is 22.2 Å². The average Bonchev–Trinajstić information content (AvgIpc) is 3.29. The van der Waals surface area contributed by atoms with Crippen LogP contribution in [0.4, 0.5) is 23.0 Å². The number of aromatic amines is 1. The molecule has 2 aromatic carbocycles. The van der Waals surface area contributed by atoms with E-state index in [4.69, 9.17) is 11.6 Å². The van der Waals surface area contributed by atoms with Gasteiger partial charge in [0.15, 0.2) is 0 Å². The molecular formula is C27H30ClN7O2. The number of H-pyrrole nitrogens is 1. The number of nitrogens with one attached hydrogen (secondary N) is 3. The topological polar surface area (TPSA) is 106 Å². The van der Waals surface area contributed by atoms with Gasteiger partial charge in [-0.3, -0.25) is 9.59 Å². The molecule has 0 spiro atoms. The predicted octanol–water partition coefficient (Wildman–Crippen LogP) is 5.28. The molecule has 2 aromatic heterocycles. The molecule has 9 nitrogen and oxygen atoms in total. The number of hydrogen-bond acceptors (Lipinski definition) is 6. The van der Waals surface area contributed by atoms with Gasteiger partial charge < -0.3 is 25.4 Å². The summed E-state index contributed by atoms with van der Waals surface area (Å²) in [7, 11) is 3.85. The van der Waals surface area contributed by atoms with Gasteiger partial charge in [-0.25, -0.2) is 9.97 Å². The van der Waals surface area contributed by atoms with E-state index < -0.39 is 0 Å². The number of fused-ring (bicyclic) bond motifs is 1. The highest BCUT2D eigenvalue weighted by Crippen LogP contribution is 2.34. The molecule has 0 radical (unpaired) electrons. The number of benzene rings is 2. The van der Waals surface area contributed by atoms with Crippen LogP contribution in [0, 0.1) is 0 Å². The van der Waals surface area contributed by atoms with Crippen molar-refractivity contribution in [2.45, 2.75) is 20.3 Å². The van der Waals surface area contributed by atoms with Gasteiger partial charge in [-0.1, -0.05) is 29.8 Å². The molecule has 192 valence electrons. The van der Waals surface area contributed by atoms with E-state index in [9.17, 15) is 9.59 Å². The minimum absolute atomic E-state index is 0.0204. The number of hydrogen-bond donors (Lipinski definition) is 3. The number of para-hydroxylation sites is 1. The van der Waals surface area contributed by atoms with E-state index in [-0.39, 0.29) is 11.8 Å². The van der Waals surface area contributed by atoms with Crippen LogP contribution in [0.15, 0.2) is 54.9 Å². The van der Waals surface area contributed by atoms with Crippen molar-refractivity contribution in [1.29, 1.82) is 0 Å². The van der Waals surface area contributed by atoms with Crippen molar-refractivity contribution in [3.05, 3.63) is 59.9 Å². The number of aromatic nitrogens is 3. The number of halogens is 1. The molecule has 0 bridgehead atoms. The Morgan fingerprint density at radius 2 is 1.92 bits per heavy atom. The number of anilines is 4. The first-order valence-electron chi connectivity index (χ1n) is 12.0. The maximum Gasteiger partial charge on any atom is 0.228 e. The van der Waals surface area contributed by atoms with Gasteiger partial charge in [-0.2, -0.15) is 0 Å². The zero-order valence-corrected chi connectivity index (χ0v) is 22.1. The lowest BCUT2D eigenvalue weighted by Gasteiger charge is -2.25. The summed E-state index contributed by atoms with van der Waals surface area (Å²) in [5, 5.41) is 7.48. The van der Waals surface area contributed by atoms with E-state index in [1.54, 1.807) is 23.2 Å². The minimum atomic E-state index is -0.237. The van der Waals surface area contributed by atoms with E-state index in [2.05, 4.69) is 25.6 Å². The van der Waals surface area contributed by atoms with Gasteiger partial charge in [0, 0.05) is 54.8 Å². The second-order valence-corrected chi connectivity index (χ2v) is 9.27. The van der Waals surface area contributed by atoms with E-state index in [0.717, 1.165) is 16.5 Å². The van der Waals surface area contributed by atoms with Crippen molar-refractivity contribution in [2.24, 2.45) is 0 Å². The Bertz CT molecular complexity index is 1430. The van der Waals surface area contributed by atoms with Crippen molar-refractivity contribution >= 4 is 57.3 Å². The maximum atomic E-state index is 12.9. The van der Waals surface area contributed by atoms with Crippen LogP contribution < -0.4 is 15.5 Å². The molecule has 4 aromatic rings. The van der Waals surface area contributed by atoms with E-state index in [1.165, 1.54) is 6.92 Å². The number of rotatable bonds is 9. The molecule has 4 rings (SSSR count). The zero-order valence-electron chi connectivity index (χ0n) is 21.3. The molecule has 0 saturated carbocycles. The summed E-state index contributed by atoms with van der Waals surface area (Å²) in [6, 6.07) is 13.3. The van der Waals surface area contributed by atoms with Crippen molar-refractivity contribution in [1.82, 2.24) is 19.9 Å². The summed E-state index contributed by atoms with van der Waals surface area (Å²) in [4.78, 5) is 40.7. The molecule has 3 N–H and O–H groups in total. The fourth-order valence-corrected chi connectivity index (χ4v) is 4.28. The van der Waals surface area contributed by atoms with E-state index >= 15 is 0 Å². The highest BCUT2D eigenvalue weighted by molar-refractivity contribution is 6.33. The van der Waals surface area contributed by atoms with Crippen LogP contribution in [0.2, 0.25) is 5.02 Å². The maximum absolute atomic E-state index is 12.9. The lowest BCUT2D eigenvalue weighted by molar-refractivity contribution is -0.119. The van der Waals surface area contributed by atoms with Crippen LogP contribution in [-0.2, 0) is 9.59 Å². The molecule has 10 heteroatoms. The van der Waals surface area contributed by atoms with Crippen LogP contribution in [0.1, 0.15) is 20.3 Å². The largest absolute Gasteiger partial charge is 0.360 e. The third-order valence-electron chi connectivity index (χ3n) is 5.83. The number of carbonyl (C=O) groups is 2. The summed E-state index contributed by atoms with van der Waals surface area (Å²) < 4.78 is 0. The third-order valence-corrected chi connectivity index (χ3v) is 6.11. The highest BCUT2D eigenvalue weighted by Gasteiger charge is 2.19. The Morgan fingerprint density at radius 1 is 1.14 bits per heavy atom. The standard InChI is InChI=1S/C27H30ClN7O2/c1-5-35(25(37)12-13-34(3)4)24-11-10-18(14-23(24)31-17(2)36)32-27-30-16-21(28)26(33-27)20-15-29-22-9-7-6-8-19(20)22/h6-11,14-16,29H,5,12-13H2,1-4H3,(H,31,36)(H,30,32,33). The molecular weight excluding hydrogens is 490 g/mol. The third kappa shape index (κ3) is 6.07. The van der Waals surface area contributed by atoms with E-state index in [1.807, 2.05) is 62.4 Å². The Balaban J connectivity index is 1.65. The van der Waals surface area contributed by atoms with Gasteiger partial charge in [-0.05, 0) is 45.3 Å². The molecule has 0 aliphatic heterocycles. The zero-order chi connectivity index (χ0) is 26.5. The monoisotopic (exact) mass is 519 g/mol. The second kappa shape index (κ2) is 11.4. The van der Waals surface area contributed by atoms with Crippen LogP contribution in [-0.4, -0.2) is 58.9 Å². The number of amides is 2.